The Bertz CT molecular complexity index is 1160. The lowest BCUT2D eigenvalue weighted by Gasteiger charge is -2.38. The molecule has 3 atom stereocenters. The number of nitrogens with zero attached hydrogens (tertiary/aromatic N) is 1. The van der Waals surface area contributed by atoms with Gasteiger partial charge in [-0.25, -0.2) is 4.79 Å². The van der Waals surface area contributed by atoms with Crippen LogP contribution in [-0.2, 0) is 6.42 Å². The fraction of sp³-hybridized carbons (Fsp3) is 0.174. The third-order valence-electron chi connectivity index (χ3n) is 6.10. The Hall–Kier alpha value is -3.67. The Balaban J connectivity index is 1.71. The van der Waals surface area contributed by atoms with Gasteiger partial charge in [0, 0.05) is 18.1 Å². The number of nitrogens with one attached hydrogen (secondary N) is 1. The fourth-order valence-corrected chi connectivity index (χ4v) is 4.93. The second-order valence-corrected chi connectivity index (χ2v) is 7.59. The summed E-state index contributed by atoms with van der Waals surface area (Å²) in [5.41, 5.74) is 5.09. The number of nitro groups is 1. The van der Waals surface area contributed by atoms with Gasteiger partial charge in [0.2, 0.25) is 0 Å². The summed E-state index contributed by atoms with van der Waals surface area (Å²) in [6.07, 6.45) is 0.831. The third-order valence-corrected chi connectivity index (χ3v) is 6.10. The smallest absolute Gasteiger partial charge is 0.337 e. The number of benzene rings is 3. The number of carbonyl (C=O) groups is 1. The number of aromatic carboxylic acids is 1. The molecule has 6 nitrogen and oxygen atoms in total. The van der Waals surface area contributed by atoms with Crippen molar-refractivity contribution in [2.75, 3.05) is 5.32 Å². The van der Waals surface area contributed by atoms with Crippen molar-refractivity contribution in [3.05, 3.63) is 105 Å². The minimum Gasteiger partial charge on any atom is -0.478 e. The van der Waals surface area contributed by atoms with Crippen LogP contribution in [0.5, 0.6) is 0 Å². The summed E-state index contributed by atoms with van der Waals surface area (Å²) in [5.74, 6) is -0.797. The van der Waals surface area contributed by atoms with E-state index in [1.54, 1.807) is 24.3 Å². The van der Waals surface area contributed by atoms with E-state index in [2.05, 4.69) is 17.4 Å². The number of rotatable bonds is 3. The van der Waals surface area contributed by atoms with Gasteiger partial charge in [-0.1, -0.05) is 48.5 Å². The molecule has 2 aliphatic rings. The molecule has 144 valence electrons. The number of fused-ring (bicyclic) bond motifs is 5. The highest BCUT2D eigenvalue weighted by Gasteiger charge is 2.44. The zero-order valence-corrected chi connectivity index (χ0v) is 15.4. The lowest BCUT2D eigenvalue weighted by molar-refractivity contribution is -0.384. The SMILES string of the molecule is O=C(O)c1cccc2c1N[C@H](c1cccc([N+](=O)[O-])c1)[C@H]1Cc3ccccc3[C@@H]21. The fourth-order valence-electron chi connectivity index (χ4n) is 4.93. The summed E-state index contributed by atoms with van der Waals surface area (Å²) in [5, 5.41) is 24.4. The molecule has 0 fully saturated rings. The van der Waals surface area contributed by atoms with Crippen LogP contribution in [0.3, 0.4) is 0 Å². The van der Waals surface area contributed by atoms with Crippen molar-refractivity contribution in [3.8, 4) is 0 Å². The van der Waals surface area contributed by atoms with Crippen LogP contribution >= 0.6 is 0 Å². The number of carboxylic acids is 1. The molecule has 0 bridgehead atoms. The van der Waals surface area contributed by atoms with Crippen molar-refractivity contribution < 1.29 is 14.8 Å². The van der Waals surface area contributed by atoms with Gasteiger partial charge in [0.25, 0.3) is 5.69 Å². The third kappa shape index (κ3) is 2.68. The second kappa shape index (κ2) is 6.44. The van der Waals surface area contributed by atoms with Crippen LogP contribution in [0, 0.1) is 16.0 Å². The van der Waals surface area contributed by atoms with E-state index in [9.17, 15) is 20.0 Å². The van der Waals surface area contributed by atoms with Crippen LogP contribution in [0.1, 0.15) is 44.6 Å². The number of hydrogen-bond acceptors (Lipinski definition) is 4. The molecule has 3 aromatic rings. The van der Waals surface area contributed by atoms with E-state index in [4.69, 9.17) is 0 Å². The highest BCUT2D eigenvalue weighted by Crippen LogP contribution is 2.54. The normalized spacial score (nSPS) is 21.4. The molecular formula is C23H18N2O4. The van der Waals surface area contributed by atoms with Crippen molar-refractivity contribution >= 4 is 17.3 Å². The molecule has 0 spiro atoms. The average Bonchev–Trinajstić information content (AvgIpc) is 3.12. The molecule has 1 aliphatic carbocycles. The van der Waals surface area contributed by atoms with Gasteiger partial charge in [-0.05, 0) is 40.7 Å². The van der Waals surface area contributed by atoms with Gasteiger partial charge in [0.1, 0.15) is 0 Å². The molecule has 0 radical (unpaired) electrons. The number of nitro benzene ring substituents is 1. The minimum atomic E-state index is -0.989. The Morgan fingerprint density at radius 3 is 2.59 bits per heavy atom. The number of para-hydroxylation sites is 1. The molecule has 1 heterocycles. The first-order chi connectivity index (χ1) is 14.0. The van der Waals surface area contributed by atoms with Crippen LogP contribution in [0.25, 0.3) is 0 Å². The van der Waals surface area contributed by atoms with E-state index in [-0.39, 0.29) is 29.1 Å². The summed E-state index contributed by atoms with van der Waals surface area (Å²) in [6.45, 7) is 0. The highest BCUT2D eigenvalue weighted by atomic mass is 16.6. The van der Waals surface area contributed by atoms with E-state index in [0.29, 0.717) is 5.69 Å². The van der Waals surface area contributed by atoms with Gasteiger partial charge < -0.3 is 10.4 Å². The summed E-state index contributed by atoms with van der Waals surface area (Å²) < 4.78 is 0. The monoisotopic (exact) mass is 386 g/mol. The molecular weight excluding hydrogens is 368 g/mol. The first kappa shape index (κ1) is 17.4. The zero-order chi connectivity index (χ0) is 20.1. The molecule has 3 aromatic carbocycles. The molecule has 0 saturated heterocycles. The molecule has 1 aliphatic heterocycles. The van der Waals surface area contributed by atoms with Crippen LogP contribution in [0.15, 0.2) is 66.7 Å². The van der Waals surface area contributed by atoms with Gasteiger partial charge in [0.15, 0.2) is 0 Å². The standard InChI is InChI=1S/C23H18N2O4/c26-23(27)18-10-4-9-17-20-16-8-2-1-5-13(16)12-19(20)21(24-22(17)18)14-6-3-7-15(11-14)25(28)29/h1-11,19-21,24H,12H2,(H,26,27)/t19-,20-,21+/m0/s1. The lowest BCUT2D eigenvalue weighted by atomic mass is 9.75. The maximum atomic E-state index is 11.9. The first-order valence-corrected chi connectivity index (χ1v) is 9.49. The Labute approximate surface area is 167 Å². The number of non-ortho nitro benzene ring substituents is 1. The van der Waals surface area contributed by atoms with Crippen LogP contribution in [0.2, 0.25) is 0 Å². The maximum absolute atomic E-state index is 11.9. The molecule has 2 N–H and O–H groups in total. The summed E-state index contributed by atoms with van der Waals surface area (Å²) >= 11 is 0. The van der Waals surface area contributed by atoms with E-state index in [1.165, 1.54) is 17.2 Å². The summed E-state index contributed by atoms with van der Waals surface area (Å²) in [7, 11) is 0. The molecule has 0 saturated carbocycles. The zero-order valence-electron chi connectivity index (χ0n) is 15.4. The van der Waals surface area contributed by atoms with Crippen molar-refractivity contribution in [2.45, 2.75) is 18.4 Å². The van der Waals surface area contributed by atoms with Gasteiger partial charge in [0.05, 0.1) is 22.2 Å². The Morgan fingerprint density at radius 1 is 1.03 bits per heavy atom. The topological polar surface area (TPSA) is 92.5 Å². The first-order valence-electron chi connectivity index (χ1n) is 9.49. The van der Waals surface area contributed by atoms with Gasteiger partial charge in [-0.15, -0.1) is 0 Å². The van der Waals surface area contributed by atoms with Crippen LogP contribution < -0.4 is 5.32 Å². The Kier molecular flexibility index (Phi) is 3.87. The van der Waals surface area contributed by atoms with Crippen LogP contribution in [0.4, 0.5) is 11.4 Å². The van der Waals surface area contributed by atoms with E-state index >= 15 is 0 Å². The lowest BCUT2D eigenvalue weighted by Crippen LogP contribution is -2.31. The Morgan fingerprint density at radius 2 is 1.79 bits per heavy atom. The predicted octanol–water partition coefficient (Wildman–Crippen LogP) is 4.76. The molecule has 0 amide bonds. The molecule has 6 heteroatoms. The highest BCUT2D eigenvalue weighted by molar-refractivity contribution is 5.96. The van der Waals surface area contributed by atoms with Crippen molar-refractivity contribution in [3.63, 3.8) is 0 Å². The van der Waals surface area contributed by atoms with E-state index in [1.807, 2.05) is 24.3 Å². The molecule has 0 unspecified atom stereocenters. The molecule has 0 aromatic heterocycles. The van der Waals surface area contributed by atoms with E-state index < -0.39 is 10.9 Å². The molecule has 5 rings (SSSR count). The second-order valence-electron chi connectivity index (χ2n) is 7.59. The predicted molar refractivity (Wildman–Crippen MR) is 108 cm³/mol. The largest absolute Gasteiger partial charge is 0.478 e. The number of anilines is 1. The number of hydrogen-bond donors (Lipinski definition) is 2. The van der Waals surface area contributed by atoms with Gasteiger partial charge >= 0.3 is 5.97 Å². The summed E-state index contributed by atoms with van der Waals surface area (Å²) in [4.78, 5) is 22.8. The maximum Gasteiger partial charge on any atom is 0.337 e. The van der Waals surface area contributed by atoms with Crippen molar-refractivity contribution in [1.82, 2.24) is 0 Å². The van der Waals surface area contributed by atoms with E-state index in [0.717, 1.165) is 17.5 Å². The quantitative estimate of drug-likeness (QED) is 0.500. The number of carboxylic acid groups (broad SMARTS) is 1. The molecule has 29 heavy (non-hydrogen) atoms. The van der Waals surface area contributed by atoms with Crippen LogP contribution in [-0.4, -0.2) is 16.0 Å². The summed E-state index contributed by atoms with van der Waals surface area (Å²) in [6, 6.07) is 20.0. The minimum absolute atomic E-state index is 0.0358. The van der Waals surface area contributed by atoms with Gasteiger partial charge in [-0.2, -0.15) is 0 Å². The van der Waals surface area contributed by atoms with Crippen molar-refractivity contribution in [1.29, 1.82) is 0 Å². The van der Waals surface area contributed by atoms with Gasteiger partial charge in [-0.3, -0.25) is 10.1 Å². The van der Waals surface area contributed by atoms with Crippen molar-refractivity contribution in [2.24, 2.45) is 5.92 Å². The average molecular weight is 386 g/mol.